The van der Waals surface area contributed by atoms with E-state index in [4.69, 9.17) is 4.98 Å². The number of pyridine rings is 1. The third-order valence-corrected chi connectivity index (χ3v) is 7.44. The van der Waals surface area contributed by atoms with Crippen LogP contribution in [0, 0.1) is 0 Å². The van der Waals surface area contributed by atoms with Gasteiger partial charge in [-0.1, -0.05) is 74.7 Å². The van der Waals surface area contributed by atoms with Crippen LogP contribution in [-0.4, -0.2) is 52.3 Å². The van der Waals surface area contributed by atoms with Gasteiger partial charge < -0.3 is 10.2 Å². The van der Waals surface area contributed by atoms with Crippen LogP contribution in [0.1, 0.15) is 71.0 Å². The van der Waals surface area contributed by atoms with E-state index in [0.717, 1.165) is 56.3 Å². The number of nitrogens with zero attached hydrogens (tertiary/aromatic N) is 3. The van der Waals surface area contributed by atoms with E-state index in [1.165, 1.54) is 12.0 Å². The predicted octanol–water partition coefficient (Wildman–Crippen LogP) is 4.78. The van der Waals surface area contributed by atoms with Crippen molar-refractivity contribution in [1.29, 1.82) is 0 Å². The molecule has 2 aromatic carbocycles. The number of para-hydroxylation sites is 1. The van der Waals surface area contributed by atoms with E-state index in [9.17, 15) is 9.59 Å². The van der Waals surface area contributed by atoms with Crippen molar-refractivity contribution in [3.63, 3.8) is 0 Å². The number of carbonyl (C=O) groups excluding carboxylic acids is 2. The van der Waals surface area contributed by atoms with Gasteiger partial charge in [0.15, 0.2) is 0 Å². The summed E-state index contributed by atoms with van der Waals surface area (Å²) < 4.78 is 0. The smallest absolute Gasteiger partial charge is 0.273 e. The zero-order valence-electron chi connectivity index (χ0n) is 20.5. The normalized spacial score (nSPS) is 16.2. The fourth-order valence-corrected chi connectivity index (χ4v) is 5.51. The maximum absolute atomic E-state index is 13.5. The number of carbonyl (C=O) groups is 2. The van der Waals surface area contributed by atoms with Crippen LogP contribution < -0.4 is 5.32 Å². The van der Waals surface area contributed by atoms with Crippen molar-refractivity contribution in [2.75, 3.05) is 19.6 Å². The molecule has 0 radical (unpaired) electrons. The van der Waals surface area contributed by atoms with E-state index < -0.39 is 0 Å². The van der Waals surface area contributed by atoms with Crippen LogP contribution in [0.25, 0.3) is 10.9 Å². The second-order valence-corrected chi connectivity index (χ2v) is 9.67. The van der Waals surface area contributed by atoms with Crippen molar-refractivity contribution in [3.8, 4) is 0 Å². The minimum absolute atomic E-state index is 0.0216. The third-order valence-electron chi connectivity index (χ3n) is 7.44. The van der Waals surface area contributed by atoms with Crippen LogP contribution in [-0.2, 0) is 13.1 Å². The second kappa shape index (κ2) is 10.6. The van der Waals surface area contributed by atoms with Gasteiger partial charge in [0.25, 0.3) is 11.8 Å². The van der Waals surface area contributed by atoms with Gasteiger partial charge in [-0.15, -0.1) is 0 Å². The number of hydrogen-bond acceptors (Lipinski definition) is 4. The molecule has 0 bridgehead atoms. The lowest BCUT2D eigenvalue weighted by Gasteiger charge is -2.30. The van der Waals surface area contributed by atoms with E-state index >= 15 is 0 Å². The van der Waals surface area contributed by atoms with Gasteiger partial charge in [0.05, 0.1) is 11.1 Å². The summed E-state index contributed by atoms with van der Waals surface area (Å²) in [5.74, 6) is -0.138. The van der Waals surface area contributed by atoms with Gasteiger partial charge in [0.2, 0.25) is 0 Å². The molecule has 1 N–H and O–H groups in total. The molecule has 1 fully saturated rings. The molecular formula is C29H34N4O2. The van der Waals surface area contributed by atoms with E-state index in [1.54, 1.807) is 0 Å². The summed E-state index contributed by atoms with van der Waals surface area (Å²) in [6.07, 6.45) is 5.62. The van der Waals surface area contributed by atoms with Crippen LogP contribution in [0.4, 0.5) is 0 Å². The fraction of sp³-hybridized carbons (Fsp3) is 0.414. The first kappa shape index (κ1) is 23.5. The number of hydrogen-bond donors (Lipinski definition) is 1. The quantitative estimate of drug-likeness (QED) is 0.515. The molecule has 6 heteroatoms. The van der Waals surface area contributed by atoms with Gasteiger partial charge in [-0.2, -0.15) is 0 Å². The Hall–Kier alpha value is -3.25. The van der Waals surface area contributed by atoms with E-state index in [-0.39, 0.29) is 17.9 Å². The molecule has 3 aromatic rings. The largest absolute Gasteiger partial charge is 0.351 e. The maximum atomic E-state index is 13.5. The summed E-state index contributed by atoms with van der Waals surface area (Å²) in [6.45, 7) is 5.68. The summed E-state index contributed by atoms with van der Waals surface area (Å²) in [5, 5.41) is 3.96. The number of nitrogens with one attached hydrogen (secondary N) is 1. The summed E-state index contributed by atoms with van der Waals surface area (Å²) in [4.78, 5) is 35.9. The Morgan fingerprint density at radius 3 is 2.57 bits per heavy atom. The van der Waals surface area contributed by atoms with Crippen LogP contribution in [0.5, 0.6) is 0 Å². The van der Waals surface area contributed by atoms with Crippen LogP contribution in [0.15, 0.2) is 54.6 Å². The van der Waals surface area contributed by atoms with Crippen molar-refractivity contribution in [2.45, 2.75) is 58.2 Å². The van der Waals surface area contributed by atoms with Crippen molar-refractivity contribution in [2.24, 2.45) is 0 Å². The first-order chi connectivity index (χ1) is 17.2. The molecular weight excluding hydrogens is 436 g/mol. The molecule has 2 heterocycles. The lowest BCUT2D eigenvalue weighted by molar-refractivity contribution is 0.0655. The van der Waals surface area contributed by atoms with Crippen molar-refractivity contribution < 1.29 is 9.59 Å². The number of benzene rings is 2. The molecule has 1 aliphatic carbocycles. The molecule has 35 heavy (non-hydrogen) atoms. The predicted molar refractivity (Wildman–Crippen MR) is 138 cm³/mol. The Bertz CT molecular complexity index is 1200. The van der Waals surface area contributed by atoms with Crippen molar-refractivity contribution in [3.05, 3.63) is 77.0 Å². The highest BCUT2D eigenvalue weighted by molar-refractivity contribution is 6.11. The highest BCUT2D eigenvalue weighted by Crippen LogP contribution is 2.34. The molecule has 0 spiro atoms. The summed E-state index contributed by atoms with van der Waals surface area (Å²) in [7, 11) is 0. The Kier molecular flexibility index (Phi) is 7.09. The monoisotopic (exact) mass is 470 g/mol. The highest BCUT2D eigenvalue weighted by atomic mass is 16.2. The minimum atomic E-state index is -0.117. The Morgan fingerprint density at radius 1 is 1.06 bits per heavy atom. The Labute approximate surface area is 207 Å². The Balaban J connectivity index is 1.35. The number of amides is 2. The van der Waals surface area contributed by atoms with E-state index in [1.807, 2.05) is 35.2 Å². The third kappa shape index (κ3) is 4.94. The summed E-state index contributed by atoms with van der Waals surface area (Å²) in [5.41, 5.74) is 3.82. The second-order valence-electron chi connectivity index (χ2n) is 9.67. The van der Waals surface area contributed by atoms with Gasteiger partial charge in [-0.05, 0) is 31.0 Å². The Morgan fingerprint density at radius 2 is 1.80 bits per heavy atom. The maximum Gasteiger partial charge on any atom is 0.273 e. The molecule has 5 rings (SSSR count). The average molecular weight is 471 g/mol. The van der Waals surface area contributed by atoms with Gasteiger partial charge in [-0.3, -0.25) is 14.5 Å². The lowest BCUT2D eigenvalue weighted by Crippen LogP contribution is -2.37. The van der Waals surface area contributed by atoms with Crippen LogP contribution in [0.3, 0.4) is 0 Å². The standard InChI is InChI=1S/C29H34N4O2/c1-2-32(19-21-11-5-3-6-12-21)18-17-30-28(34)26-23-15-9-10-16-25(23)31-27-24(26)20-33(29(27)35)22-13-7-4-8-14-22/h3,5-6,9-12,15-16,22H,2,4,7-8,13-14,17-20H2,1H3,(H,30,34). The molecule has 0 atom stereocenters. The molecule has 6 nitrogen and oxygen atoms in total. The first-order valence-corrected chi connectivity index (χ1v) is 12.9. The summed E-state index contributed by atoms with van der Waals surface area (Å²) >= 11 is 0. The molecule has 182 valence electrons. The minimum Gasteiger partial charge on any atom is -0.351 e. The zero-order valence-corrected chi connectivity index (χ0v) is 20.5. The van der Waals surface area contributed by atoms with Gasteiger partial charge in [0, 0.05) is 43.2 Å². The number of rotatable bonds is 8. The SMILES string of the molecule is CCN(CCNC(=O)c1c2c(nc3ccccc13)C(=O)N(C1CCCCC1)C2)Cc1ccccc1. The fourth-order valence-electron chi connectivity index (χ4n) is 5.51. The number of fused-ring (bicyclic) bond motifs is 2. The molecule has 1 saturated carbocycles. The molecule has 1 aromatic heterocycles. The van der Waals surface area contributed by atoms with Crippen LogP contribution >= 0.6 is 0 Å². The number of likely N-dealkylation sites (N-methyl/N-ethyl adjacent to an activating group) is 1. The van der Waals surface area contributed by atoms with E-state index in [2.05, 4.69) is 41.4 Å². The van der Waals surface area contributed by atoms with Gasteiger partial charge in [-0.25, -0.2) is 4.98 Å². The molecule has 0 unspecified atom stereocenters. The lowest BCUT2D eigenvalue weighted by atomic mass is 9.94. The van der Waals surface area contributed by atoms with Gasteiger partial charge in [0.1, 0.15) is 5.69 Å². The van der Waals surface area contributed by atoms with Crippen molar-refractivity contribution >= 4 is 22.7 Å². The number of aromatic nitrogens is 1. The molecule has 2 amide bonds. The summed E-state index contributed by atoms with van der Waals surface area (Å²) in [6, 6.07) is 18.3. The molecule has 1 aliphatic heterocycles. The van der Waals surface area contributed by atoms with Gasteiger partial charge >= 0.3 is 0 Å². The first-order valence-electron chi connectivity index (χ1n) is 12.9. The average Bonchev–Trinajstić information content (AvgIpc) is 3.23. The topological polar surface area (TPSA) is 65.5 Å². The van der Waals surface area contributed by atoms with E-state index in [0.29, 0.717) is 29.9 Å². The highest BCUT2D eigenvalue weighted by Gasteiger charge is 2.37. The van der Waals surface area contributed by atoms with Crippen LogP contribution in [0.2, 0.25) is 0 Å². The van der Waals surface area contributed by atoms with Crippen molar-refractivity contribution in [1.82, 2.24) is 20.1 Å². The molecule has 2 aliphatic rings. The molecule has 0 saturated heterocycles. The zero-order chi connectivity index (χ0) is 24.2.